The molecule has 0 spiro atoms. The van der Waals surface area contributed by atoms with E-state index in [9.17, 15) is 4.79 Å². The molecule has 0 saturated carbocycles. The summed E-state index contributed by atoms with van der Waals surface area (Å²) in [5.41, 5.74) is 4.66. The molecule has 2 aliphatic rings. The minimum absolute atomic E-state index is 0.208. The number of aryl methyl sites for hydroxylation is 3. The molecular weight excluding hydrogens is 352 g/mol. The smallest absolute Gasteiger partial charge is 0.251 e. The predicted octanol–water partition coefficient (Wildman–Crippen LogP) is 1.90. The van der Waals surface area contributed by atoms with Gasteiger partial charge in [-0.05, 0) is 71.5 Å². The second-order valence-electron chi connectivity index (χ2n) is 8.33. The molecule has 2 aliphatic heterocycles. The highest BCUT2D eigenvalue weighted by molar-refractivity contribution is 5.79. The number of carbonyl (C=O) groups excluding carboxylic acids is 1. The van der Waals surface area contributed by atoms with Gasteiger partial charge in [-0.25, -0.2) is 14.6 Å². The summed E-state index contributed by atoms with van der Waals surface area (Å²) in [5.74, 6) is 2.24. The first-order valence-electron chi connectivity index (χ1n) is 10.3. The van der Waals surface area contributed by atoms with Crippen molar-refractivity contribution in [3.8, 4) is 5.95 Å². The molecule has 4 rings (SSSR count). The topological polar surface area (TPSA) is 75.9 Å². The van der Waals surface area contributed by atoms with Crippen LogP contribution in [-0.2, 0) is 11.2 Å². The number of nitrogens with zero attached hydrogens (tertiary/aromatic N) is 5. The maximum absolute atomic E-state index is 13.0. The lowest BCUT2D eigenvalue weighted by molar-refractivity contribution is -0.130. The molecule has 2 saturated heterocycles. The lowest BCUT2D eigenvalue weighted by Crippen LogP contribution is -2.34. The van der Waals surface area contributed by atoms with Gasteiger partial charge < -0.3 is 10.2 Å². The summed E-state index contributed by atoms with van der Waals surface area (Å²) in [6, 6.07) is 1.95. The van der Waals surface area contributed by atoms with Crippen molar-refractivity contribution in [2.75, 3.05) is 26.2 Å². The molecule has 0 unspecified atom stereocenters. The van der Waals surface area contributed by atoms with Crippen LogP contribution in [0.2, 0.25) is 0 Å². The lowest BCUT2D eigenvalue weighted by atomic mass is 9.92. The second kappa shape index (κ2) is 7.62. The van der Waals surface area contributed by atoms with Gasteiger partial charge in [-0.15, -0.1) is 0 Å². The van der Waals surface area contributed by atoms with Gasteiger partial charge >= 0.3 is 0 Å². The molecule has 2 fully saturated rings. The third-order valence-electron chi connectivity index (χ3n) is 6.30. The summed E-state index contributed by atoms with van der Waals surface area (Å²) < 4.78 is 1.77. The van der Waals surface area contributed by atoms with Crippen LogP contribution in [-0.4, -0.2) is 56.7 Å². The van der Waals surface area contributed by atoms with Crippen LogP contribution in [0.3, 0.4) is 0 Å². The fourth-order valence-electron chi connectivity index (χ4n) is 4.66. The van der Waals surface area contributed by atoms with Crippen LogP contribution in [0.1, 0.15) is 41.2 Å². The van der Waals surface area contributed by atoms with E-state index in [4.69, 9.17) is 0 Å². The highest BCUT2D eigenvalue weighted by Gasteiger charge is 2.31. The molecule has 1 amide bonds. The quantitative estimate of drug-likeness (QED) is 0.877. The SMILES string of the molecule is Cc1cc(C)nc(-n2nc(C)c(CC(=O)N3CC[C@@H]4CNC[C@@H]4CC3)c2C)n1. The van der Waals surface area contributed by atoms with Gasteiger partial charge in [0.1, 0.15) is 0 Å². The third-order valence-corrected chi connectivity index (χ3v) is 6.30. The molecule has 0 aromatic carbocycles. The van der Waals surface area contributed by atoms with Gasteiger partial charge in [-0.3, -0.25) is 4.79 Å². The number of hydrogen-bond acceptors (Lipinski definition) is 5. The van der Waals surface area contributed by atoms with Gasteiger partial charge in [0.25, 0.3) is 5.95 Å². The van der Waals surface area contributed by atoms with Crippen LogP contribution < -0.4 is 5.32 Å². The molecule has 2 aromatic heterocycles. The molecule has 0 aliphatic carbocycles. The number of nitrogens with one attached hydrogen (secondary N) is 1. The van der Waals surface area contributed by atoms with Crippen molar-refractivity contribution >= 4 is 5.91 Å². The lowest BCUT2D eigenvalue weighted by Gasteiger charge is -2.21. The number of aromatic nitrogens is 4. The maximum atomic E-state index is 13.0. The Morgan fingerprint density at radius 1 is 1.07 bits per heavy atom. The van der Waals surface area contributed by atoms with E-state index in [-0.39, 0.29) is 5.91 Å². The van der Waals surface area contributed by atoms with E-state index >= 15 is 0 Å². The number of fused-ring (bicyclic) bond motifs is 1. The van der Waals surface area contributed by atoms with Crippen LogP contribution in [0.25, 0.3) is 5.95 Å². The fourth-order valence-corrected chi connectivity index (χ4v) is 4.66. The van der Waals surface area contributed by atoms with Gasteiger partial charge in [0.2, 0.25) is 5.91 Å². The summed E-state index contributed by atoms with van der Waals surface area (Å²) in [5, 5.41) is 8.13. The van der Waals surface area contributed by atoms with Crippen molar-refractivity contribution in [3.05, 3.63) is 34.4 Å². The van der Waals surface area contributed by atoms with Gasteiger partial charge in [0.05, 0.1) is 12.1 Å². The number of amides is 1. The Morgan fingerprint density at radius 3 is 2.29 bits per heavy atom. The highest BCUT2D eigenvalue weighted by atomic mass is 16.2. The Kier molecular flexibility index (Phi) is 5.19. The second-order valence-corrected chi connectivity index (χ2v) is 8.33. The van der Waals surface area contributed by atoms with E-state index in [1.165, 1.54) is 0 Å². The predicted molar refractivity (Wildman–Crippen MR) is 107 cm³/mol. The monoisotopic (exact) mass is 382 g/mol. The average molecular weight is 383 g/mol. The van der Waals surface area contributed by atoms with E-state index < -0.39 is 0 Å². The van der Waals surface area contributed by atoms with Crippen molar-refractivity contribution < 1.29 is 4.79 Å². The van der Waals surface area contributed by atoms with Crippen molar-refractivity contribution in [1.82, 2.24) is 30.0 Å². The van der Waals surface area contributed by atoms with E-state index in [1.807, 2.05) is 33.8 Å². The first kappa shape index (κ1) is 19.1. The Labute approximate surface area is 166 Å². The molecule has 7 nitrogen and oxygen atoms in total. The van der Waals surface area contributed by atoms with Crippen molar-refractivity contribution in [1.29, 1.82) is 0 Å². The van der Waals surface area contributed by atoms with Crippen molar-refractivity contribution in [2.24, 2.45) is 11.8 Å². The minimum Gasteiger partial charge on any atom is -0.342 e. The Bertz CT molecular complexity index is 855. The zero-order chi connectivity index (χ0) is 19.8. The molecule has 150 valence electrons. The Morgan fingerprint density at radius 2 is 1.68 bits per heavy atom. The van der Waals surface area contributed by atoms with Crippen LogP contribution in [0.4, 0.5) is 0 Å². The number of hydrogen-bond donors (Lipinski definition) is 1. The number of likely N-dealkylation sites (tertiary alicyclic amines) is 1. The van der Waals surface area contributed by atoms with Crippen LogP contribution in [0.15, 0.2) is 6.07 Å². The van der Waals surface area contributed by atoms with E-state index in [0.717, 1.165) is 79.2 Å². The largest absolute Gasteiger partial charge is 0.342 e. The van der Waals surface area contributed by atoms with Crippen molar-refractivity contribution in [3.63, 3.8) is 0 Å². The van der Waals surface area contributed by atoms with Crippen LogP contribution in [0.5, 0.6) is 0 Å². The molecule has 2 aromatic rings. The zero-order valence-electron chi connectivity index (χ0n) is 17.3. The number of rotatable bonds is 3. The molecule has 2 atom stereocenters. The summed E-state index contributed by atoms with van der Waals surface area (Å²) >= 11 is 0. The maximum Gasteiger partial charge on any atom is 0.251 e. The fraction of sp³-hybridized carbons (Fsp3) is 0.619. The van der Waals surface area contributed by atoms with Gasteiger partial charge in [-0.2, -0.15) is 5.10 Å². The van der Waals surface area contributed by atoms with E-state index in [0.29, 0.717) is 12.4 Å². The molecule has 4 heterocycles. The normalized spacial score (nSPS) is 22.2. The molecular formula is C21H30N6O. The summed E-state index contributed by atoms with van der Waals surface area (Å²) in [7, 11) is 0. The Balaban J connectivity index is 1.52. The van der Waals surface area contributed by atoms with E-state index in [2.05, 4.69) is 25.3 Å². The highest BCUT2D eigenvalue weighted by Crippen LogP contribution is 2.27. The average Bonchev–Trinajstić information content (AvgIpc) is 3.13. The van der Waals surface area contributed by atoms with Gasteiger partial charge in [0, 0.05) is 35.7 Å². The summed E-state index contributed by atoms with van der Waals surface area (Å²) in [6.07, 6.45) is 2.62. The summed E-state index contributed by atoms with van der Waals surface area (Å²) in [6.45, 7) is 11.8. The molecule has 0 bridgehead atoms. The van der Waals surface area contributed by atoms with Crippen LogP contribution >= 0.6 is 0 Å². The van der Waals surface area contributed by atoms with Gasteiger partial charge in [-0.1, -0.05) is 0 Å². The van der Waals surface area contributed by atoms with E-state index in [1.54, 1.807) is 4.68 Å². The minimum atomic E-state index is 0.208. The third kappa shape index (κ3) is 3.68. The van der Waals surface area contributed by atoms with Crippen molar-refractivity contribution in [2.45, 2.75) is 47.0 Å². The molecule has 0 radical (unpaired) electrons. The summed E-state index contributed by atoms with van der Waals surface area (Å²) in [4.78, 5) is 24.1. The first-order valence-corrected chi connectivity index (χ1v) is 10.3. The first-order chi connectivity index (χ1) is 13.4. The molecule has 28 heavy (non-hydrogen) atoms. The van der Waals surface area contributed by atoms with Gasteiger partial charge in [0.15, 0.2) is 0 Å². The van der Waals surface area contributed by atoms with Crippen LogP contribution in [0, 0.1) is 39.5 Å². The Hall–Kier alpha value is -2.28. The molecule has 7 heteroatoms. The molecule has 1 N–H and O–H groups in total. The number of carbonyl (C=O) groups is 1. The zero-order valence-corrected chi connectivity index (χ0v) is 17.3. The standard InChI is InChI=1S/C21H30N6O/c1-13-9-14(2)24-21(23-13)27-16(4)19(15(3)25-27)10-20(28)26-7-5-17-11-22-12-18(17)6-8-26/h9,17-18,22H,5-8,10-12H2,1-4H3/t17-,18+.